The van der Waals surface area contributed by atoms with Gasteiger partial charge in [0.2, 0.25) is 17.2 Å². The summed E-state index contributed by atoms with van der Waals surface area (Å²) in [6.45, 7) is 4.65. The Morgan fingerprint density at radius 1 is 1.19 bits per heavy atom. The molecule has 0 spiro atoms. The molecule has 21 heavy (non-hydrogen) atoms. The van der Waals surface area contributed by atoms with Gasteiger partial charge in [0.25, 0.3) is 0 Å². The minimum atomic E-state index is 0.278. The summed E-state index contributed by atoms with van der Waals surface area (Å²) < 4.78 is 5.41. The van der Waals surface area contributed by atoms with Crippen LogP contribution in [0, 0.1) is 5.92 Å². The Hall–Kier alpha value is -1.14. The number of aromatic nitrogens is 3. The smallest absolute Gasteiger partial charge is 0.231 e. The lowest BCUT2D eigenvalue weighted by Gasteiger charge is -2.27. The summed E-state index contributed by atoms with van der Waals surface area (Å²) in [6, 6.07) is 0. The van der Waals surface area contributed by atoms with Gasteiger partial charge in [-0.3, -0.25) is 0 Å². The molecule has 0 N–H and O–H groups in total. The average Bonchev–Trinajstić information content (AvgIpc) is 3.02. The minimum Gasteiger partial charge on any atom is -0.381 e. The fraction of sp³-hybridized carbons (Fsp3) is 0.786. The first-order valence-corrected chi connectivity index (χ1v) is 8.05. The molecule has 0 amide bonds. The van der Waals surface area contributed by atoms with Crippen LogP contribution in [0.1, 0.15) is 25.7 Å². The van der Waals surface area contributed by atoms with Crippen LogP contribution in [0.3, 0.4) is 0 Å². The summed E-state index contributed by atoms with van der Waals surface area (Å²) in [5.41, 5.74) is 0. The molecule has 0 saturated carbocycles. The van der Waals surface area contributed by atoms with Crippen LogP contribution in [0.4, 0.5) is 11.9 Å². The van der Waals surface area contributed by atoms with Crippen LogP contribution < -0.4 is 9.80 Å². The highest BCUT2D eigenvalue weighted by molar-refractivity contribution is 6.28. The predicted octanol–water partition coefficient (Wildman–Crippen LogP) is 1.99. The SMILES string of the molecule is CN(CC1CCOCC1)c1nc(Cl)nc(N2CCCC2)n1. The zero-order valence-electron chi connectivity index (χ0n) is 12.5. The van der Waals surface area contributed by atoms with Gasteiger partial charge in [-0.25, -0.2) is 0 Å². The maximum Gasteiger partial charge on any atom is 0.231 e. The number of halogens is 1. The Morgan fingerprint density at radius 2 is 1.90 bits per heavy atom. The first kappa shape index (κ1) is 14.8. The van der Waals surface area contributed by atoms with Crippen LogP contribution in [0.2, 0.25) is 5.28 Å². The second kappa shape index (κ2) is 6.75. The third-order valence-electron chi connectivity index (χ3n) is 4.19. The van der Waals surface area contributed by atoms with E-state index in [2.05, 4.69) is 24.8 Å². The summed E-state index contributed by atoms with van der Waals surface area (Å²) in [7, 11) is 2.02. The zero-order chi connectivity index (χ0) is 14.7. The number of rotatable bonds is 4. The average molecular weight is 312 g/mol. The van der Waals surface area contributed by atoms with E-state index in [1.807, 2.05) is 7.05 Å². The molecular weight excluding hydrogens is 290 g/mol. The molecule has 1 aromatic rings. The van der Waals surface area contributed by atoms with Crippen molar-refractivity contribution in [3.63, 3.8) is 0 Å². The molecule has 7 heteroatoms. The Bertz CT molecular complexity index is 474. The maximum atomic E-state index is 6.08. The van der Waals surface area contributed by atoms with Crippen molar-refractivity contribution in [1.82, 2.24) is 15.0 Å². The standard InChI is InChI=1S/C14H22ClN5O/c1-19(10-11-4-8-21-9-5-11)13-16-12(15)17-14(18-13)20-6-2-3-7-20/h11H,2-10H2,1H3. The van der Waals surface area contributed by atoms with E-state index in [-0.39, 0.29) is 5.28 Å². The topological polar surface area (TPSA) is 54.4 Å². The van der Waals surface area contributed by atoms with Crippen LogP contribution in [-0.2, 0) is 4.74 Å². The fourth-order valence-corrected chi connectivity index (χ4v) is 3.11. The molecule has 3 heterocycles. The molecule has 1 aromatic heterocycles. The molecule has 0 atom stereocenters. The highest BCUT2D eigenvalue weighted by Crippen LogP contribution is 2.22. The normalized spacial score (nSPS) is 20.0. The number of anilines is 2. The van der Waals surface area contributed by atoms with Crippen molar-refractivity contribution in [2.75, 3.05) is 49.7 Å². The minimum absolute atomic E-state index is 0.278. The van der Waals surface area contributed by atoms with Crippen molar-refractivity contribution in [2.45, 2.75) is 25.7 Å². The van der Waals surface area contributed by atoms with Crippen molar-refractivity contribution in [1.29, 1.82) is 0 Å². The van der Waals surface area contributed by atoms with Crippen LogP contribution in [-0.4, -0.2) is 54.8 Å². The van der Waals surface area contributed by atoms with Gasteiger partial charge in [-0.15, -0.1) is 0 Å². The molecule has 0 unspecified atom stereocenters. The first-order chi connectivity index (χ1) is 10.2. The van der Waals surface area contributed by atoms with Gasteiger partial charge < -0.3 is 14.5 Å². The highest BCUT2D eigenvalue weighted by Gasteiger charge is 2.20. The predicted molar refractivity (Wildman–Crippen MR) is 83.1 cm³/mol. The monoisotopic (exact) mass is 311 g/mol. The summed E-state index contributed by atoms with van der Waals surface area (Å²) in [6.07, 6.45) is 4.58. The Balaban J connectivity index is 1.70. The lowest BCUT2D eigenvalue weighted by atomic mass is 10.0. The lowest BCUT2D eigenvalue weighted by molar-refractivity contribution is 0.0684. The van der Waals surface area contributed by atoms with E-state index in [0.717, 1.165) is 45.7 Å². The lowest BCUT2D eigenvalue weighted by Crippen LogP contribution is -2.31. The molecule has 2 aliphatic heterocycles. The Kier molecular flexibility index (Phi) is 4.75. The molecular formula is C14H22ClN5O. The van der Waals surface area contributed by atoms with Crippen LogP contribution in [0.5, 0.6) is 0 Å². The van der Waals surface area contributed by atoms with Crippen LogP contribution >= 0.6 is 11.6 Å². The maximum absolute atomic E-state index is 6.08. The zero-order valence-corrected chi connectivity index (χ0v) is 13.2. The van der Waals surface area contributed by atoms with Gasteiger partial charge in [0.05, 0.1) is 0 Å². The van der Waals surface area contributed by atoms with Crippen molar-refractivity contribution in [3.8, 4) is 0 Å². The third kappa shape index (κ3) is 3.74. The molecule has 2 saturated heterocycles. The summed E-state index contributed by atoms with van der Waals surface area (Å²) in [4.78, 5) is 17.4. The van der Waals surface area contributed by atoms with Crippen molar-refractivity contribution >= 4 is 23.5 Å². The van der Waals surface area contributed by atoms with E-state index >= 15 is 0 Å². The van der Waals surface area contributed by atoms with Gasteiger partial charge in [-0.1, -0.05) is 0 Å². The number of ether oxygens (including phenoxy) is 1. The number of hydrogen-bond donors (Lipinski definition) is 0. The second-order valence-electron chi connectivity index (χ2n) is 5.83. The molecule has 2 fully saturated rings. The molecule has 116 valence electrons. The van der Waals surface area contributed by atoms with E-state index in [1.54, 1.807) is 0 Å². The number of hydrogen-bond acceptors (Lipinski definition) is 6. The second-order valence-corrected chi connectivity index (χ2v) is 6.17. The quantitative estimate of drug-likeness (QED) is 0.847. The fourth-order valence-electron chi connectivity index (χ4n) is 2.96. The Labute approximate surface area is 130 Å². The summed E-state index contributed by atoms with van der Waals surface area (Å²) in [5.74, 6) is 2.01. The van der Waals surface area contributed by atoms with Gasteiger partial charge in [-0.2, -0.15) is 15.0 Å². The van der Waals surface area contributed by atoms with Gasteiger partial charge in [0.15, 0.2) is 0 Å². The van der Waals surface area contributed by atoms with Gasteiger partial charge in [0.1, 0.15) is 0 Å². The largest absolute Gasteiger partial charge is 0.381 e. The van der Waals surface area contributed by atoms with E-state index < -0.39 is 0 Å². The Morgan fingerprint density at radius 3 is 2.62 bits per heavy atom. The van der Waals surface area contributed by atoms with Crippen LogP contribution in [0.25, 0.3) is 0 Å². The summed E-state index contributed by atoms with van der Waals surface area (Å²) >= 11 is 6.08. The van der Waals surface area contributed by atoms with Gasteiger partial charge >= 0.3 is 0 Å². The molecule has 6 nitrogen and oxygen atoms in total. The van der Waals surface area contributed by atoms with Crippen molar-refractivity contribution in [2.24, 2.45) is 5.92 Å². The molecule has 0 bridgehead atoms. The molecule has 3 rings (SSSR count). The first-order valence-electron chi connectivity index (χ1n) is 7.68. The molecule has 0 aromatic carbocycles. The molecule has 2 aliphatic rings. The van der Waals surface area contributed by atoms with Gasteiger partial charge in [0, 0.05) is 39.9 Å². The van der Waals surface area contributed by atoms with E-state index in [1.165, 1.54) is 12.8 Å². The highest BCUT2D eigenvalue weighted by atomic mass is 35.5. The van der Waals surface area contributed by atoms with Crippen molar-refractivity contribution in [3.05, 3.63) is 5.28 Å². The van der Waals surface area contributed by atoms with E-state index in [0.29, 0.717) is 17.8 Å². The van der Waals surface area contributed by atoms with E-state index in [4.69, 9.17) is 16.3 Å². The molecule has 0 aliphatic carbocycles. The third-order valence-corrected chi connectivity index (χ3v) is 4.36. The van der Waals surface area contributed by atoms with Crippen molar-refractivity contribution < 1.29 is 4.74 Å². The van der Waals surface area contributed by atoms with Gasteiger partial charge in [-0.05, 0) is 43.2 Å². The number of nitrogens with zero attached hydrogens (tertiary/aromatic N) is 5. The van der Waals surface area contributed by atoms with E-state index in [9.17, 15) is 0 Å². The molecule has 0 radical (unpaired) electrons. The summed E-state index contributed by atoms with van der Waals surface area (Å²) in [5, 5.41) is 0.278. The van der Waals surface area contributed by atoms with Crippen LogP contribution in [0.15, 0.2) is 0 Å².